The molecule has 0 saturated heterocycles. The van der Waals surface area contributed by atoms with E-state index in [-0.39, 0.29) is 5.78 Å². The van der Waals surface area contributed by atoms with Crippen LogP contribution in [0.25, 0.3) is 0 Å². The molecule has 2 rings (SSSR count). The van der Waals surface area contributed by atoms with E-state index in [9.17, 15) is 4.79 Å². The van der Waals surface area contributed by atoms with Crippen molar-refractivity contribution < 1.29 is 4.79 Å². The zero-order chi connectivity index (χ0) is 12.4. The fraction of sp³-hybridized carbons (Fsp3) is 0.143. The monoisotopic (exact) mass is 289 g/mol. The minimum Gasteiger partial charge on any atom is -0.289 e. The van der Waals surface area contributed by atoms with Gasteiger partial charge in [0.2, 0.25) is 0 Å². The predicted octanol–water partition coefficient (Wildman–Crippen LogP) is 3.69. The van der Waals surface area contributed by atoms with Crippen LogP contribution in [0, 0.1) is 13.8 Å². The Labute approximate surface area is 109 Å². The molecule has 0 bridgehead atoms. The van der Waals surface area contributed by atoms with E-state index in [1.807, 2.05) is 38.1 Å². The second kappa shape index (κ2) is 4.80. The second-order valence-corrected chi connectivity index (χ2v) is 4.85. The number of hydrogen-bond donors (Lipinski definition) is 0. The van der Waals surface area contributed by atoms with Crippen LogP contribution in [0.1, 0.15) is 27.0 Å². The quantitative estimate of drug-likeness (QED) is 0.789. The van der Waals surface area contributed by atoms with Gasteiger partial charge in [-0.2, -0.15) is 0 Å². The maximum atomic E-state index is 12.3. The molecule has 0 aliphatic carbocycles. The highest BCUT2D eigenvalue weighted by atomic mass is 79.9. The van der Waals surface area contributed by atoms with E-state index in [1.165, 1.54) is 0 Å². The van der Waals surface area contributed by atoms with Gasteiger partial charge < -0.3 is 0 Å². The minimum absolute atomic E-state index is 0.0139. The standard InChI is InChI=1S/C14H12BrNO/c1-9-6-11(8-16-7-9)14(17)12-4-3-5-13(15)10(12)2/h3-8H,1-2H3. The van der Waals surface area contributed by atoms with Crippen molar-refractivity contribution in [2.75, 3.05) is 0 Å². The summed E-state index contributed by atoms with van der Waals surface area (Å²) < 4.78 is 0.948. The Kier molecular flexibility index (Phi) is 3.38. The zero-order valence-corrected chi connectivity index (χ0v) is 11.3. The third kappa shape index (κ3) is 2.44. The fourth-order valence-corrected chi connectivity index (χ4v) is 2.05. The summed E-state index contributed by atoms with van der Waals surface area (Å²) in [5.41, 5.74) is 3.29. The largest absolute Gasteiger partial charge is 0.289 e. The second-order valence-electron chi connectivity index (χ2n) is 3.99. The first kappa shape index (κ1) is 12.0. The summed E-state index contributed by atoms with van der Waals surface area (Å²) in [5, 5.41) is 0. The van der Waals surface area contributed by atoms with Crippen LogP contribution in [-0.2, 0) is 0 Å². The normalized spacial score (nSPS) is 10.3. The van der Waals surface area contributed by atoms with E-state index < -0.39 is 0 Å². The Morgan fingerprint density at radius 1 is 1.24 bits per heavy atom. The Hall–Kier alpha value is -1.48. The van der Waals surface area contributed by atoms with Crippen LogP contribution in [-0.4, -0.2) is 10.8 Å². The average Bonchev–Trinajstić information content (AvgIpc) is 2.32. The van der Waals surface area contributed by atoms with Crippen LogP contribution < -0.4 is 0 Å². The number of carbonyl (C=O) groups excluding carboxylic acids is 1. The molecule has 2 aromatic rings. The summed E-state index contributed by atoms with van der Waals surface area (Å²) >= 11 is 3.43. The van der Waals surface area contributed by atoms with Gasteiger partial charge in [0.05, 0.1) is 0 Å². The van der Waals surface area contributed by atoms with Crippen molar-refractivity contribution in [3.05, 3.63) is 63.4 Å². The van der Waals surface area contributed by atoms with Crippen molar-refractivity contribution >= 4 is 21.7 Å². The van der Waals surface area contributed by atoms with Gasteiger partial charge in [-0.25, -0.2) is 0 Å². The maximum Gasteiger partial charge on any atom is 0.194 e. The first-order valence-corrected chi connectivity index (χ1v) is 6.10. The maximum absolute atomic E-state index is 12.3. The summed E-state index contributed by atoms with van der Waals surface area (Å²) in [6.45, 7) is 3.86. The topological polar surface area (TPSA) is 30.0 Å². The summed E-state index contributed by atoms with van der Waals surface area (Å²) in [5.74, 6) is 0.0139. The van der Waals surface area contributed by atoms with Crippen molar-refractivity contribution in [2.45, 2.75) is 13.8 Å². The van der Waals surface area contributed by atoms with E-state index in [4.69, 9.17) is 0 Å². The molecule has 0 aliphatic heterocycles. The number of hydrogen-bond acceptors (Lipinski definition) is 2. The van der Waals surface area contributed by atoms with Crippen molar-refractivity contribution in [1.29, 1.82) is 0 Å². The Balaban J connectivity index is 2.48. The van der Waals surface area contributed by atoms with Gasteiger partial charge in [0.1, 0.15) is 0 Å². The average molecular weight is 290 g/mol. The molecular weight excluding hydrogens is 278 g/mol. The molecule has 3 heteroatoms. The molecule has 0 amide bonds. The Morgan fingerprint density at radius 3 is 2.71 bits per heavy atom. The molecule has 0 fully saturated rings. The van der Waals surface area contributed by atoms with E-state index in [0.717, 1.165) is 15.6 Å². The SMILES string of the molecule is Cc1cncc(C(=O)c2cccc(Br)c2C)c1. The molecule has 1 aromatic carbocycles. The number of aryl methyl sites for hydroxylation is 1. The number of pyridine rings is 1. The highest BCUT2D eigenvalue weighted by Crippen LogP contribution is 2.21. The number of rotatable bonds is 2. The zero-order valence-electron chi connectivity index (χ0n) is 9.70. The van der Waals surface area contributed by atoms with Gasteiger partial charge >= 0.3 is 0 Å². The summed E-state index contributed by atoms with van der Waals surface area (Å²) in [6, 6.07) is 7.49. The van der Waals surface area contributed by atoms with Crippen LogP contribution in [0.5, 0.6) is 0 Å². The van der Waals surface area contributed by atoms with Gasteiger partial charge in [-0.15, -0.1) is 0 Å². The van der Waals surface area contributed by atoms with Crippen LogP contribution >= 0.6 is 15.9 Å². The molecule has 17 heavy (non-hydrogen) atoms. The predicted molar refractivity (Wildman–Crippen MR) is 71.3 cm³/mol. The lowest BCUT2D eigenvalue weighted by Gasteiger charge is -2.06. The van der Waals surface area contributed by atoms with Gasteiger partial charge in [-0.05, 0) is 37.1 Å². The third-order valence-corrected chi connectivity index (χ3v) is 3.51. The van der Waals surface area contributed by atoms with E-state index >= 15 is 0 Å². The smallest absolute Gasteiger partial charge is 0.194 e. The van der Waals surface area contributed by atoms with Crippen molar-refractivity contribution in [3.63, 3.8) is 0 Å². The Bertz CT molecular complexity index is 578. The molecule has 0 unspecified atom stereocenters. The molecule has 1 heterocycles. The van der Waals surface area contributed by atoms with Gasteiger partial charge in [-0.1, -0.05) is 28.1 Å². The van der Waals surface area contributed by atoms with Crippen molar-refractivity contribution in [2.24, 2.45) is 0 Å². The van der Waals surface area contributed by atoms with Gasteiger partial charge in [-0.3, -0.25) is 9.78 Å². The molecule has 0 spiro atoms. The summed E-state index contributed by atoms with van der Waals surface area (Å²) in [6.07, 6.45) is 3.35. The highest BCUT2D eigenvalue weighted by molar-refractivity contribution is 9.10. The minimum atomic E-state index is 0.0139. The van der Waals surface area contributed by atoms with Gasteiger partial charge in [0.25, 0.3) is 0 Å². The van der Waals surface area contributed by atoms with Crippen molar-refractivity contribution in [3.8, 4) is 0 Å². The Morgan fingerprint density at radius 2 is 2.00 bits per heavy atom. The van der Waals surface area contributed by atoms with Crippen LogP contribution in [0.2, 0.25) is 0 Å². The molecule has 0 radical (unpaired) electrons. The van der Waals surface area contributed by atoms with Crippen LogP contribution in [0.3, 0.4) is 0 Å². The molecule has 2 nitrogen and oxygen atoms in total. The highest BCUT2D eigenvalue weighted by Gasteiger charge is 2.13. The molecule has 0 atom stereocenters. The molecule has 0 aliphatic rings. The third-order valence-electron chi connectivity index (χ3n) is 2.65. The summed E-state index contributed by atoms with van der Waals surface area (Å²) in [4.78, 5) is 16.4. The first-order valence-electron chi connectivity index (χ1n) is 5.31. The summed E-state index contributed by atoms with van der Waals surface area (Å²) in [7, 11) is 0. The number of halogens is 1. The molecular formula is C14H12BrNO. The lowest BCUT2D eigenvalue weighted by atomic mass is 10.00. The lowest BCUT2D eigenvalue weighted by molar-refractivity contribution is 0.103. The molecule has 1 aromatic heterocycles. The number of carbonyl (C=O) groups is 1. The fourth-order valence-electron chi connectivity index (χ4n) is 1.69. The lowest BCUT2D eigenvalue weighted by Crippen LogP contribution is -2.04. The van der Waals surface area contributed by atoms with Gasteiger partial charge in [0.15, 0.2) is 5.78 Å². The number of ketones is 1. The number of nitrogens with zero attached hydrogens (tertiary/aromatic N) is 1. The molecule has 86 valence electrons. The van der Waals surface area contributed by atoms with Crippen molar-refractivity contribution in [1.82, 2.24) is 4.98 Å². The molecule has 0 N–H and O–H groups in total. The van der Waals surface area contributed by atoms with E-state index in [1.54, 1.807) is 12.4 Å². The van der Waals surface area contributed by atoms with Gasteiger partial charge in [0, 0.05) is 28.0 Å². The van der Waals surface area contributed by atoms with Crippen LogP contribution in [0.15, 0.2) is 41.1 Å². The van der Waals surface area contributed by atoms with E-state index in [0.29, 0.717) is 11.1 Å². The first-order chi connectivity index (χ1) is 8.09. The van der Waals surface area contributed by atoms with E-state index in [2.05, 4.69) is 20.9 Å². The molecule has 0 saturated carbocycles. The number of aromatic nitrogens is 1. The number of benzene rings is 1. The van der Waals surface area contributed by atoms with Crippen LogP contribution in [0.4, 0.5) is 0 Å².